The molecule has 162 valence electrons. The molecule has 1 atom stereocenters. The highest BCUT2D eigenvalue weighted by atomic mass is 32.1. The van der Waals surface area contributed by atoms with E-state index in [4.69, 9.17) is 9.47 Å². The lowest BCUT2D eigenvalue weighted by Gasteiger charge is -2.12. The van der Waals surface area contributed by atoms with Gasteiger partial charge >= 0.3 is 5.97 Å². The van der Waals surface area contributed by atoms with Gasteiger partial charge in [-0.15, -0.1) is 11.3 Å². The Morgan fingerprint density at radius 1 is 1.12 bits per heavy atom. The first-order valence-electron chi connectivity index (χ1n) is 9.75. The summed E-state index contributed by atoms with van der Waals surface area (Å²) >= 11 is 1.29. The van der Waals surface area contributed by atoms with Crippen LogP contribution in [0.15, 0.2) is 66.3 Å². The quantitative estimate of drug-likeness (QED) is 0.406. The molecule has 4 rings (SSSR count). The van der Waals surface area contributed by atoms with Crippen LogP contribution in [0.4, 0.5) is 5.13 Å². The van der Waals surface area contributed by atoms with Gasteiger partial charge in [-0.05, 0) is 31.2 Å². The maximum Gasteiger partial charge on any atom is 0.338 e. The molecule has 4 aromatic rings. The molecule has 0 aliphatic carbocycles. The van der Waals surface area contributed by atoms with E-state index in [-0.39, 0.29) is 0 Å². The average molecular weight is 449 g/mol. The fourth-order valence-electron chi connectivity index (χ4n) is 2.92. The Hall–Kier alpha value is -3.98. The van der Waals surface area contributed by atoms with Gasteiger partial charge < -0.3 is 14.5 Å². The Balaban J connectivity index is 1.36. The SMILES string of the molecule is COc1cccc(-c2csc(NC(=O)C(C)OC(=O)c3ccc(-c4ncc[nH]4)cc3)n2)c1. The van der Waals surface area contributed by atoms with Gasteiger partial charge in [-0.3, -0.25) is 10.1 Å². The molecule has 0 saturated carbocycles. The number of aromatic amines is 1. The number of carbonyl (C=O) groups excluding carboxylic acids is 2. The number of nitrogens with zero attached hydrogens (tertiary/aromatic N) is 2. The van der Waals surface area contributed by atoms with Crippen LogP contribution >= 0.6 is 11.3 Å². The van der Waals surface area contributed by atoms with Crippen molar-refractivity contribution in [1.29, 1.82) is 0 Å². The van der Waals surface area contributed by atoms with E-state index >= 15 is 0 Å². The third-order valence-electron chi connectivity index (χ3n) is 4.65. The smallest absolute Gasteiger partial charge is 0.338 e. The molecular weight excluding hydrogens is 428 g/mol. The van der Waals surface area contributed by atoms with E-state index in [0.717, 1.165) is 16.9 Å². The summed E-state index contributed by atoms with van der Waals surface area (Å²) in [7, 11) is 1.60. The third kappa shape index (κ3) is 4.84. The van der Waals surface area contributed by atoms with Gasteiger partial charge in [0.25, 0.3) is 5.91 Å². The number of hydrogen-bond donors (Lipinski definition) is 2. The number of thiazole rings is 1. The van der Waals surface area contributed by atoms with Gasteiger partial charge in [-0.25, -0.2) is 14.8 Å². The highest BCUT2D eigenvalue weighted by Crippen LogP contribution is 2.27. The molecule has 32 heavy (non-hydrogen) atoms. The first-order chi connectivity index (χ1) is 15.5. The third-order valence-corrected chi connectivity index (χ3v) is 5.40. The van der Waals surface area contributed by atoms with Gasteiger partial charge in [0.05, 0.1) is 18.4 Å². The molecule has 0 radical (unpaired) electrons. The van der Waals surface area contributed by atoms with E-state index in [1.54, 1.807) is 43.8 Å². The van der Waals surface area contributed by atoms with Crippen molar-refractivity contribution in [2.45, 2.75) is 13.0 Å². The summed E-state index contributed by atoms with van der Waals surface area (Å²) in [5.41, 5.74) is 2.77. The van der Waals surface area contributed by atoms with E-state index < -0.39 is 18.0 Å². The number of anilines is 1. The Bertz CT molecular complexity index is 1220. The molecule has 0 saturated heterocycles. The van der Waals surface area contributed by atoms with Gasteiger partial charge in [0.2, 0.25) is 0 Å². The summed E-state index contributed by atoms with van der Waals surface area (Å²) in [6.07, 6.45) is 2.39. The number of rotatable bonds is 7. The molecule has 1 amide bonds. The topological polar surface area (TPSA) is 106 Å². The fraction of sp³-hybridized carbons (Fsp3) is 0.130. The summed E-state index contributed by atoms with van der Waals surface area (Å²) in [6.45, 7) is 1.51. The largest absolute Gasteiger partial charge is 0.497 e. The molecule has 2 heterocycles. The first-order valence-corrected chi connectivity index (χ1v) is 10.6. The van der Waals surface area contributed by atoms with Crippen LogP contribution in [0.3, 0.4) is 0 Å². The van der Waals surface area contributed by atoms with Crippen LogP contribution in [0.25, 0.3) is 22.6 Å². The highest BCUT2D eigenvalue weighted by molar-refractivity contribution is 7.14. The lowest BCUT2D eigenvalue weighted by Crippen LogP contribution is -2.29. The van der Waals surface area contributed by atoms with Crippen molar-refractivity contribution < 1.29 is 19.1 Å². The van der Waals surface area contributed by atoms with Crippen LogP contribution in [0.5, 0.6) is 5.75 Å². The number of nitrogens with one attached hydrogen (secondary N) is 2. The van der Waals surface area contributed by atoms with Crippen LogP contribution < -0.4 is 10.1 Å². The number of hydrogen-bond acceptors (Lipinski definition) is 7. The van der Waals surface area contributed by atoms with Crippen molar-refractivity contribution in [1.82, 2.24) is 15.0 Å². The summed E-state index contributed by atoms with van der Waals surface area (Å²) in [4.78, 5) is 36.5. The normalized spacial score (nSPS) is 11.6. The molecule has 0 aliphatic rings. The first kappa shape index (κ1) is 21.3. The van der Waals surface area contributed by atoms with E-state index in [1.807, 2.05) is 29.6 Å². The number of amides is 1. The summed E-state index contributed by atoms with van der Waals surface area (Å²) in [5.74, 6) is 0.375. The molecule has 0 aliphatic heterocycles. The zero-order chi connectivity index (χ0) is 22.5. The number of H-pyrrole nitrogens is 1. The second-order valence-corrected chi connectivity index (χ2v) is 7.68. The van der Waals surface area contributed by atoms with E-state index in [9.17, 15) is 9.59 Å². The Kier molecular flexibility index (Phi) is 6.27. The zero-order valence-electron chi connectivity index (χ0n) is 17.4. The zero-order valence-corrected chi connectivity index (χ0v) is 18.2. The summed E-state index contributed by atoms with van der Waals surface area (Å²) in [5, 5.41) is 4.94. The van der Waals surface area contributed by atoms with Crippen LogP contribution in [0.2, 0.25) is 0 Å². The lowest BCUT2D eigenvalue weighted by molar-refractivity contribution is -0.123. The average Bonchev–Trinajstić information content (AvgIpc) is 3.52. The molecule has 1 unspecified atom stereocenters. The number of aromatic nitrogens is 3. The highest BCUT2D eigenvalue weighted by Gasteiger charge is 2.20. The molecule has 2 N–H and O–H groups in total. The van der Waals surface area contributed by atoms with Gasteiger partial charge in [0.1, 0.15) is 11.6 Å². The van der Waals surface area contributed by atoms with Crippen molar-refractivity contribution in [3.8, 4) is 28.4 Å². The minimum Gasteiger partial charge on any atom is -0.497 e. The molecular formula is C23H20N4O4S. The second kappa shape index (κ2) is 9.44. The molecule has 9 heteroatoms. The van der Waals surface area contributed by atoms with E-state index in [1.165, 1.54) is 18.3 Å². The van der Waals surface area contributed by atoms with E-state index in [0.29, 0.717) is 22.2 Å². The predicted molar refractivity (Wildman–Crippen MR) is 122 cm³/mol. The maximum absolute atomic E-state index is 12.5. The second-order valence-electron chi connectivity index (χ2n) is 6.82. The molecule has 2 aromatic carbocycles. The number of benzene rings is 2. The van der Waals surface area contributed by atoms with Gasteiger partial charge in [0, 0.05) is 28.9 Å². The standard InChI is InChI=1S/C23H20N4O4S/c1-14(31-22(29)16-8-6-15(7-9-16)20-24-10-11-25-20)21(28)27-23-26-19(13-32-23)17-4-3-5-18(12-17)30-2/h3-14H,1-2H3,(H,24,25)(H,26,27,28). The number of imidazole rings is 1. The van der Waals surface area contributed by atoms with Crippen LogP contribution in [0.1, 0.15) is 17.3 Å². The molecule has 2 aromatic heterocycles. The molecule has 0 bridgehead atoms. The number of esters is 1. The Labute approximate surface area is 188 Å². The minimum atomic E-state index is -0.989. The van der Waals surface area contributed by atoms with Crippen LogP contribution in [0, 0.1) is 0 Å². The number of methoxy groups -OCH3 is 1. The molecule has 0 spiro atoms. The van der Waals surface area contributed by atoms with Gasteiger partial charge in [0.15, 0.2) is 11.2 Å². The summed E-state index contributed by atoms with van der Waals surface area (Å²) in [6, 6.07) is 14.3. The summed E-state index contributed by atoms with van der Waals surface area (Å²) < 4.78 is 10.5. The van der Waals surface area contributed by atoms with Gasteiger partial charge in [-0.2, -0.15) is 0 Å². The van der Waals surface area contributed by atoms with Gasteiger partial charge in [-0.1, -0.05) is 24.3 Å². The lowest BCUT2D eigenvalue weighted by atomic mass is 10.1. The van der Waals surface area contributed by atoms with Crippen LogP contribution in [-0.2, 0) is 9.53 Å². The monoisotopic (exact) mass is 448 g/mol. The minimum absolute atomic E-state index is 0.342. The van der Waals surface area contributed by atoms with Crippen molar-refractivity contribution in [3.05, 3.63) is 71.9 Å². The number of carbonyl (C=O) groups is 2. The van der Waals surface area contributed by atoms with Crippen LogP contribution in [-0.4, -0.2) is 40.0 Å². The maximum atomic E-state index is 12.5. The number of ether oxygens (including phenoxy) is 2. The molecule has 0 fully saturated rings. The van der Waals surface area contributed by atoms with E-state index in [2.05, 4.69) is 20.3 Å². The Morgan fingerprint density at radius 3 is 2.66 bits per heavy atom. The Morgan fingerprint density at radius 2 is 1.94 bits per heavy atom. The fourth-order valence-corrected chi connectivity index (χ4v) is 3.65. The molecule has 8 nitrogen and oxygen atoms in total. The van der Waals surface area contributed by atoms with Crippen molar-refractivity contribution in [2.75, 3.05) is 12.4 Å². The van der Waals surface area contributed by atoms with Crippen molar-refractivity contribution in [2.24, 2.45) is 0 Å². The van der Waals surface area contributed by atoms with Crippen molar-refractivity contribution in [3.63, 3.8) is 0 Å². The van der Waals surface area contributed by atoms with Crippen molar-refractivity contribution >= 4 is 28.3 Å². The predicted octanol–water partition coefficient (Wildman–Crippen LogP) is 4.39.